The average molecular weight is 338 g/mol. The van der Waals surface area contributed by atoms with E-state index in [4.69, 9.17) is 4.74 Å². The molecule has 0 bridgehead atoms. The molecule has 1 unspecified atom stereocenters. The van der Waals surface area contributed by atoms with Crippen molar-refractivity contribution in [2.45, 2.75) is 19.4 Å². The first-order valence-electron chi connectivity index (χ1n) is 8.88. The van der Waals surface area contributed by atoms with Crippen molar-refractivity contribution in [2.24, 2.45) is 0 Å². The smallest absolute Gasteiger partial charge is 0.254 e. The molecule has 0 radical (unpaired) electrons. The van der Waals surface area contributed by atoms with Crippen molar-refractivity contribution in [1.82, 2.24) is 9.80 Å². The van der Waals surface area contributed by atoms with Gasteiger partial charge in [-0.2, -0.15) is 0 Å². The number of hydrogen-bond acceptors (Lipinski definition) is 3. The summed E-state index contributed by atoms with van der Waals surface area (Å²) < 4.78 is 5.23. The van der Waals surface area contributed by atoms with Gasteiger partial charge in [0.25, 0.3) is 5.91 Å². The number of carbonyl (C=O) groups excluding carboxylic acids is 1. The first kappa shape index (κ1) is 17.5. The Morgan fingerprint density at radius 3 is 2.64 bits per heavy atom. The molecule has 1 saturated heterocycles. The molecule has 0 aromatic heterocycles. The van der Waals surface area contributed by atoms with Crippen molar-refractivity contribution >= 4 is 5.91 Å². The van der Waals surface area contributed by atoms with Gasteiger partial charge in [-0.05, 0) is 37.1 Å². The molecule has 1 aliphatic rings. The van der Waals surface area contributed by atoms with Crippen molar-refractivity contribution in [3.05, 3.63) is 65.7 Å². The molecule has 2 aromatic carbocycles. The molecule has 0 saturated carbocycles. The second-order valence-electron chi connectivity index (χ2n) is 6.60. The maximum absolute atomic E-state index is 12.8. The van der Waals surface area contributed by atoms with Crippen LogP contribution in [0.3, 0.4) is 0 Å². The molecule has 0 N–H and O–H groups in total. The number of benzene rings is 2. The highest BCUT2D eigenvalue weighted by molar-refractivity contribution is 5.94. The number of methoxy groups -OCH3 is 1. The lowest BCUT2D eigenvalue weighted by Gasteiger charge is -2.40. The van der Waals surface area contributed by atoms with Gasteiger partial charge >= 0.3 is 0 Å². The fraction of sp³-hybridized carbons (Fsp3) is 0.381. The summed E-state index contributed by atoms with van der Waals surface area (Å²) in [6, 6.07) is 18.3. The lowest BCUT2D eigenvalue weighted by Crippen LogP contribution is -2.54. The van der Waals surface area contributed by atoms with Crippen molar-refractivity contribution < 1.29 is 9.53 Å². The zero-order valence-electron chi connectivity index (χ0n) is 15.0. The Morgan fingerprint density at radius 1 is 1.12 bits per heavy atom. The van der Waals surface area contributed by atoms with Gasteiger partial charge in [0, 0.05) is 37.8 Å². The van der Waals surface area contributed by atoms with E-state index in [0.29, 0.717) is 11.6 Å². The minimum absolute atomic E-state index is 0.0912. The van der Waals surface area contributed by atoms with Gasteiger partial charge in [0.05, 0.1) is 7.11 Å². The summed E-state index contributed by atoms with van der Waals surface area (Å²) in [7, 11) is 1.62. The predicted molar refractivity (Wildman–Crippen MR) is 100 cm³/mol. The van der Waals surface area contributed by atoms with E-state index in [1.54, 1.807) is 7.11 Å². The zero-order valence-corrected chi connectivity index (χ0v) is 15.0. The maximum Gasteiger partial charge on any atom is 0.254 e. The third-order valence-electron chi connectivity index (χ3n) is 4.90. The quantitative estimate of drug-likeness (QED) is 0.840. The predicted octanol–water partition coefficient (Wildman–Crippen LogP) is 3.08. The van der Waals surface area contributed by atoms with Crippen LogP contribution in [-0.2, 0) is 6.42 Å². The highest BCUT2D eigenvalue weighted by Gasteiger charge is 2.27. The monoisotopic (exact) mass is 338 g/mol. The summed E-state index contributed by atoms with van der Waals surface area (Å²) in [5.41, 5.74) is 2.06. The van der Waals surface area contributed by atoms with Gasteiger partial charge < -0.3 is 9.64 Å². The van der Waals surface area contributed by atoms with Crippen LogP contribution in [0.2, 0.25) is 0 Å². The molecular weight excluding hydrogens is 312 g/mol. The lowest BCUT2D eigenvalue weighted by molar-refractivity contribution is 0.0517. The number of hydrogen-bond donors (Lipinski definition) is 0. The first-order chi connectivity index (χ1) is 12.2. The number of piperazine rings is 1. The Morgan fingerprint density at radius 2 is 1.92 bits per heavy atom. The fourth-order valence-corrected chi connectivity index (χ4v) is 3.37. The van der Waals surface area contributed by atoms with Crippen LogP contribution in [0.5, 0.6) is 5.75 Å². The van der Waals surface area contributed by atoms with Crippen molar-refractivity contribution in [1.29, 1.82) is 0 Å². The molecule has 2 aromatic rings. The molecule has 4 nitrogen and oxygen atoms in total. The molecule has 0 aliphatic carbocycles. The fourth-order valence-electron chi connectivity index (χ4n) is 3.37. The van der Waals surface area contributed by atoms with Crippen LogP contribution in [0.25, 0.3) is 0 Å². The highest BCUT2D eigenvalue weighted by Crippen LogP contribution is 2.17. The normalized spacial score (nSPS) is 18.2. The Balaban J connectivity index is 1.56. The topological polar surface area (TPSA) is 32.8 Å². The van der Waals surface area contributed by atoms with E-state index in [1.165, 1.54) is 5.56 Å². The molecule has 1 aliphatic heterocycles. The van der Waals surface area contributed by atoms with E-state index in [-0.39, 0.29) is 5.91 Å². The molecule has 1 heterocycles. The van der Waals surface area contributed by atoms with Crippen molar-refractivity contribution in [3.63, 3.8) is 0 Å². The van der Waals surface area contributed by atoms with E-state index in [2.05, 4.69) is 42.2 Å². The van der Waals surface area contributed by atoms with Crippen LogP contribution in [0.15, 0.2) is 54.6 Å². The second-order valence-corrected chi connectivity index (χ2v) is 6.60. The van der Waals surface area contributed by atoms with Gasteiger partial charge in [-0.1, -0.05) is 36.4 Å². The Labute approximate surface area is 150 Å². The minimum Gasteiger partial charge on any atom is -0.497 e. The average Bonchev–Trinajstić information content (AvgIpc) is 2.67. The third kappa shape index (κ3) is 4.40. The molecule has 25 heavy (non-hydrogen) atoms. The minimum atomic E-state index is 0.0912. The van der Waals surface area contributed by atoms with Gasteiger partial charge in [0.15, 0.2) is 0 Å². The van der Waals surface area contributed by atoms with Gasteiger partial charge in [-0.15, -0.1) is 0 Å². The number of amides is 1. The van der Waals surface area contributed by atoms with E-state index >= 15 is 0 Å². The third-order valence-corrected chi connectivity index (χ3v) is 4.90. The summed E-state index contributed by atoms with van der Waals surface area (Å²) in [5, 5.41) is 0. The highest BCUT2D eigenvalue weighted by atomic mass is 16.5. The van der Waals surface area contributed by atoms with Crippen LogP contribution in [0, 0.1) is 0 Å². The van der Waals surface area contributed by atoms with Crippen LogP contribution >= 0.6 is 0 Å². The van der Waals surface area contributed by atoms with E-state index in [9.17, 15) is 4.79 Å². The van der Waals surface area contributed by atoms with Crippen LogP contribution < -0.4 is 4.74 Å². The standard InChI is InChI=1S/C21H26N2O2/c1-17-16-23(21(24)19-9-6-10-20(15-19)25-2)14-13-22(17)12-11-18-7-4-3-5-8-18/h3-10,15,17H,11-14,16H2,1-2H3. The summed E-state index contributed by atoms with van der Waals surface area (Å²) in [6.45, 7) is 5.70. The number of nitrogens with zero attached hydrogens (tertiary/aromatic N) is 2. The Kier molecular flexibility index (Phi) is 5.71. The van der Waals surface area contributed by atoms with E-state index < -0.39 is 0 Å². The molecule has 1 atom stereocenters. The van der Waals surface area contributed by atoms with Gasteiger partial charge in [0.1, 0.15) is 5.75 Å². The summed E-state index contributed by atoms with van der Waals surface area (Å²) in [5.74, 6) is 0.814. The first-order valence-corrected chi connectivity index (χ1v) is 8.88. The molecular formula is C21H26N2O2. The molecule has 0 spiro atoms. The molecule has 1 fully saturated rings. The number of rotatable bonds is 5. The summed E-state index contributed by atoms with van der Waals surface area (Å²) in [4.78, 5) is 17.2. The number of ether oxygens (including phenoxy) is 1. The zero-order chi connectivity index (χ0) is 17.6. The molecule has 132 valence electrons. The Bertz CT molecular complexity index is 702. The molecule has 1 amide bonds. The lowest BCUT2D eigenvalue weighted by atomic mass is 10.1. The SMILES string of the molecule is COc1cccc(C(=O)N2CCN(CCc3ccccc3)C(C)C2)c1. The molecule has 4 heteroatoms. The van der Waals surface area contributed by atoms with Crippen molar-refractivity contribution in [2.75, 3.05) is 33.3 Å². The second kappa shape index (κ2) is 8.17. The van der Waals surface area contributed by atoms with Crippen LogP contribution in [-0.4, -0.2) is 55.0 Å². The van der Waals surface area contributed by atoms with Gasteiger partial charge in [0.2, 0.25) is 0 Å². The molecule has 3 rings (SSSR count). The maximum atomic E-state index is 12.8. The van der Waals surface area contributed by atoms with E-state index in [1.807, 2.05) is 29.2 Å². The van der Waals surface area contributed by atoms with Crippen LogP contribution in [0.1, 0.15) is 22.8 Å². The Hall–Kier alpha value is -2.33. The van der Waals surface area contributed by atoms with E-state index in [0.717, 1.165) is 38.3 Å². The van der Waals surface area contributed by atoms with Gasteiger partial charge in [-0.3, -0.25) is 9.69 Å². The van der Waals surface area contributed by atoms with Crippen LogP contribution in [0.4, 0.5) is 0 Å². The largest absolute Gasteiger partial charge is 0.497 e. The summed E-state index contributed by atoms with van der Waals surface area (Å²) >= 11 is 0. The number of carbonyl (C=O) groups is 1. The van der Waals surface area contributed by atoms with Crippen molar-refractivity contribution in [3.8, 4) is 5.75 Å². The van der Waals surface area contributed by atoms with Gasteiger partial charge in [-0.25, -0.2) is 0 Å². The summed E-state index contributed by atoms with van der Waals surface area (Å²) in [6.07, 6.45) is 1.05.